The van der Waals surface area contributed by atoms with Gasteiger partial charge in [-0.3, -0.25) is 9.88 Å². The molecule has 0 amide bonds. The number of pyridine rings is 1. The summed E-state index contributed by atoms with van der Waals surface area (Å²) in [5, 5.41) is 3.75. The van der Waals surface area contributed by atoms with Gasteiger partial charge in [0.1, 0.15) is 0 Å². The van der Waals surface area contributed by atoms with Gasteiger partial charge in [0.25, 0.3) is 0 Å². The van der Waals surface area contributed by atoms with E-state index in [1.54, 1.807) is 0 Å². The van der Waals surface area contributed by atoms with Crippen LogP contribution >= 0.6 is 0 Å². The summed E-state index contributed by atoms with van der Waals surface area (Å²) in [5.41, 5.74) is 1.19. The Balaban J connectivity index is 1.58. The number of nitrogens with zero attached hydrogens (tertiary/aromatic N) is 2. The molecular formula is C16H25N3. The molecule has 1 saturated carbocycles. The lowest BCUT2D eigenvalue weighted by Crippen LogP contribution is -2.40. The Morgan fingerprint density at radius 3 is 3.11 bits per heavy atom. The third kappa shape index (κ3) is 2.98. The van der Waals surface area contributed by atoms with Gasteiger partial charge in [-0.1, -0.05) is 19.4 Å². The lowest BCUT2D eigenvalue weighted by molar-refractivity contribution is 0.226. The number of likely N-dealkylation sites (N-methyl/N-ethyl adjacent to an activating group) is 1. The van der Waals surface area contributed by atoms with E-state index in [1.807, 2.05) is 12.3 Å². The van der Waals surface area contributed by atoms with Crippen LogP contribution in [0.15, 0.2) is 24.4 Å². The molecule has 3 rings (SSSR count). The molecule has 104 valence electrons. The van der Waals surface area contributed by atoms with E-state index in [-0.39, 0.29) is 0 Å². The van der Waals surface area contributed by atoms with E-state index in [0.29, 0.717) is 6.04 Å². The summed E-state index contributed by atoms with van der Waals surface area (Å²) in [6.07, 6.45) is 6.22. The second-order valence-electron chi connectivity index (χ2n) is 6.02. The Morgan fingerprint density at radius 2 is 2.32 bits per heavy atom. The zero-order chi connectivity index (χ0) is 13.1. The maximum atomic E-state index is 4.45. The topological polar surface area (TPSA) is 28.2 Å². The van der Waals surface area contributed by atoms with Crippen LogP contribution in [0.5, 0.6) is 0 Å². The minimum Gasteiger partial charge on any atom is -0.312 e. The number of aromatic nitrogens is 1. The maximum Gasteiger partial charge on any atom is 0.0543 e. The SMILES string of the molecule is CCN(Cc1ccccn1)CC1NCC2CCCC21. The Labute approximate surface area is 116 Å². The van der Waals surface area contributed by atoms with E-state index < -0.39 is 0 Å². The Morgan fingerprint density at radius 1 is 1.37 bits per heavy atom. The van der Waals surface area contributed by atoms with E-state index in [9.17, 15) is 0 Å². The van der Waals surface area contributed by atoms with Crippen LogP contribution in [0.1, 0.15) is 31.9 Å². The van der Waals surface area contributed by atoms with E-state index >= 15 is 0 Å². The minimum atomic E-state index is 0.705. The smallest absolute Gasteiger partial charge is 0.0543 e. The lowest BCUT2D eigenvalue weighted by atomic mass is 9.94. The third-order valence-corrected chi connectivity index (χ3v) is 4.89. The first-order valence-corrected chi connectivity index (χ1v) is 7.72. The molecule has 3 unspecified atom stereocenters. The van der Waals surface area contributed by atoms with Gasteiger partial charge in [0.15, 0.2) is 0 Å². The molecule has 0 spiro atoms. The van der Waals surface area contributed by atoms with Crippen LogP contribution in [0.2, 0.25) is 0 Å². The zero-order valence-electron chi connectivity index (χ0n) is 11.9. The van der Waals surface area contributed by atoms with Crippen LogP contribution < -0.4 is 5.32 Å². The highest BCUT2D eigenvalue weighted by atomic mass is 15.2. The molecule has 1 saturated heterocycles. The van der Waals surface area contributed by atoms with E-state index in [4.69, 9.17) is 0 Å². The van der Waals surface area contributed by atoms with Crippen LogP contribution in [0.3, 0.4) is 0 Å². The standard InChI is InChI=1S/C16H25N3/c1-2-19(11-14-7-3-4-9-17-14)12-16-15-8-5-6-13(15)10-18-16/h3-4,7,9,13,15-16,18H,2,5-6,8,10-12H2,1H3. The summed E-state index contributed by atoms with van der Waals surface area (Å²) >= 11 is 0. The molecule has 0 radical (unpaired) electrons. The van der Waals surface area contributed by atoms with Gasteiger partial charge in [0.2, 0.25) is 0 Å². The van der Waals surface area contributed by atoms with Gasteiger partial charge < -0.3 is 5.32 Å². The minimum absolute atomic E-state index is 0.705. The molecule has 0 bridgehead atoms. The quantitative estimate of drug-likeness (QED) is 0.879. The molecule has 3 nitrogen and oxygen atoms in total. The van der Waals surface area contributed by atoms with Gasteiger partial charge in [0.05, 0.1) is 5.69 Å². The van der Waals surface area contributed by atoms with Crippen molar-refractivity contribution in [2.45, 2.75) is 38.8 Å². The van der Waals surface area contributed by atoms with Gasteiger partial charge in [-0.15, -0.1) is 0 Å². The first kappa shape index (κ1) is 13.1. The number of rotatable bonds is 5. The summed E-state index contributed by atoms with van der Waals surface area (Å²) in [6, 6.07) is 6.90. The fourth-order valence-electron chi connectivity index (χ4n) is 3.81. The molecule has 1 aliphatic carbocycles. The Hall–Kier alpha value is -0.930. The average Bonchev–Trinajstić information content (AvgIpc) is 3.04. The Bertz CT molecular complexity index is 392. The first-order chi connectivity index (χ1) is 9.36. The van der Waals surface area contributed by atoms with Crippen LogP contribution in [-0.4, -0.2) is 35.6 Å². The van der Waals surface area contributed by atoms with Gasteiger partial charge in [-0.2, -0.15) is 0 Å². The summed E-state index contributed by atoms with van der Waals surface area (Å²) in [6.45, 7) is 6.76. The number of hydrogen-bond donors (Lipinski definition) is 1. The average molecular weight is 259 g/mol. The summed E-state index contributed by atoms with van der Waals surface area (Å²) in [4.78, 5) is 6.97. The molecule has 1 N–H and O–H groups in total. The molecular weight excluding hydrogens is 234 g/mol. The molecule has 2 heterocycles. The van der Waals surface area contributed by atoms with Crippen LogP contribution in [0, 0.1) is 11.8 Å². The van der Waals surface area contributed by atoms with Gasteiger partial charge >= 0.3 is 0 Å². The monoisotopic (exact) mass is 259 g/mol. The zero-order valence-corrected chi connectivity index (χ0v) is 11.9. The first-order valence-electron chi connectivity index (χ1n) is 7.72. The maximum absolute atomic E-state index is 4.45. The molecule has 0 aromatic carbocycles. The molecule has 1 aromatic heterocycles. The van der Waals surface area contributed by atoms with Crippen molar-refractivity contribution in [1.82, 2.24) is 15.2 Å². The highest BCUT2D eigenvalue weighted by molar-refractivity contribution is 5.04. The van der Waals surface area contributed by atoms with E-state index in [0.717, 1.165) is 24.9 Å². The van der Waals surface area contributed by atoms with Crippen molar-refractivity contribution in [3.05, 3.63) is 30.1 Å². The summed E-state index contributed by atoms with van der Waals surface area (Å²) in [7, 11) is 0. The normalized spacial score (nSPS) is 29.9. The largest absolute Gasteiger partial charge is 0.312 e. The second-order valence-corrected chi connectivity index (χ2v) is 6.02. The van der Waals surface area contributed by atoms with Crippen molar-refractivity contribution >= 4 is 0 Å². The van der Waals surface area contributed by atoms with Gasteiger partial charge in [-0.05, 0) is 49.9 Å². The van der Waals surface area contributed by atoms with Gasteiger partial charge in [-0.25, -0.2) is 0 Å². The highest BCUT2D eigenvalue weighted by Crippen LogP contribution is 2.37. The fraction of sp³-hybridized carbons (Fsp3) is 0.688. The van der Waals surface area contributed by atoms with Crippen LogP contribution in [0.4, 0.5) is 0 Å². The van der Waals surface area contributed by atoms with Crippen molar-refractivity contribution in [3.63, 3.8) is 0 Å². The molecule has 19 heavy (non-hydrogen) atoms. The molecule has 1 aliphatic heterocycles. The molecule has 1 aromatic rings. The van der Waals surface area contributed by atoms with E-state index in [1.165, 1.54) is 38.0 Å². The third-order valence-electron chi connectivity index (χ3n) is 4.89. The molecule has 3 heteroatoms. The number of nitrogens with one attached hydrogen (secondary N) is 1. The van der Waals surface area contributed by atoms with Crippen LogP contribution in [0.25, 0.3) is 0 Å². The molecule has 3 atom stereocenters. The summed E-state index contributed by atoms with van der Waals surface area (Å²) < 4.78 is 0. The lowest BCUT2D eigenvalue weighted by Gasteiger charge is -2.27. The predicted molar refractivity (Wildman–Crippen MR) is 77.8 cm³/mol. The van der Waals surface area contributed by atoms with E-state index in [2.05, 4.69) is 34.3 Å². The second kappa shape index (κ2) is 6.02. The highest BCUT2D eigenvalue weighted by Gasteiger charge is 2.39. The number of hydrogen-bond acceptors (Lipinski definition) is 3. The molecule has 2 aliphatic rings. The van der Waals surface area contributed by atoms with Crippen molar-refractivity contribution in [3.8, 4) is 0 Å². The molecule has 2 fully saturated rings. The van der Waals surface area contributed by atoms with Crippen molar-refractivity contribution in [1.29, 1.82) is 0 Å². The van der Waals surface area contributed by atoms with Crippen LogP contribution in [-0.2, 0) is 6.54 Å². The fourth-order valence-corrected chi connectivity index (χ4v) is 3.81. The van der Waals surface area contributed by atoms with Crippen molar-refractivity contribution < 1.29 is 0 Å². The van der Waals surface area contributed by atoms with Crippen molar-refractivity contribution in [2.24, 2.45) is 11.8 Å². The Kier molecular flexibility index (Phi) is 4.14. The van der Waals surface area contributed by atoms with Crippen molar-refractivity contribution in [2.75, 3.05) is 19.6 Å². The number of fused-ring (bicyclic) bond motifs is 1. The predicted octanol–water partition coefficient (Wildman–Crippen LogP) is 2.29. The summed E-state index contributed by atoms with van der Waals surface area (Å²) in [5.74, 6) is 1.89. The van der Waals surface area contributed by atoms with Gasteiger partial charge in [0, 0.05) is 25.3 Å².